The molecule has 0 fully saturated rings. The molecular weight excluding hydrogens is 322 g/mol. The van der Waals surface area contributed by atoms with Gasteiger partial charge in [-0.05, 0) is 19.1 Å². The standard InChI is InChI=1S/C16H14F2N2O2S/c1-9(22-2)6-14(21)10(7-19)16-20-13(8-23-16)15-11(17)4-3-5-12(15)18/h3-5,8-10H,6H2,1-2H3/t9-,10-/m0/s1. The van der Waals surface area contributed by atoms with Crippen molar-refractivity contribution in [2.75, 3.05) is 7.11 Å². The minimum atomic E-state index is -1.07. The van der Waals surface area contributed by atoms with Crippen molar-refractivity contribution in [1.29, 1.82) is 5.26 Å². The van der Waals surface area contributed by atoms with Crippen molar-refractivity contribution in [2.45, 2.75) is 25.4 Å². The second kappa shape index (κ2) is 7.40. The molecule has 0 spiro atoms. The molecule has 0 saturated carbocycles. The molecule has 0 aliphatic carbocycles. The van der Waals surface area contributed by atoms with Crippen LogP contribution >= 0.6 is 11.3 Å². The van der Waals surface area contributed by atoms with Crippen molar-refractivity contribution in [1.82, 2.24) is 4.98 Å². The van der Waals surface area contributed by atoms with E-state index in [1.54, 1.807) is 6.92 Å². The van der Waals surface area contributed by atoms with Gasteiger partial charge in [0.1, 0.15) is 16.6 Å². The summed E-state index contributed by atoms with van der Waals surface area (Å²) in [5, 5.41) is 10.9. The van der Waals surface area contributed by atoms with Crippen LogP contribution in [-0.2, 0) is 9.53 Å². The topological polar surface area (TPSA) is 63.0 Å². The first-order chi connectivity index (χ1) is 11.0. The van der Waals surface area contributed by atoms with E-state index in [1.807, 2.05) is 6.07 Å². The lowest BCUT2D eigenvalue weighted by Gasteiger charge is -2.10. The molecular formula is C16H14F2N2O2S. The van der Waals surface area contributed by atoms with E-state index in [9.17, 15) is 18.8 Å². The Bertz CT molecular complexity index is 735. The van der Waals surface area contributed by atoms with Gasteiger partial charge in [-0.15, -0.1) is 11.3 Å². The Labute approximate surface area is 136 Å². The average molecular weight is 336 g/mol. The highest BCUT2D eigenvalue weighted by atomic mass is 32.1. The van der Waals surface area contributed by atoms with Gasteiger partial charge in [0.25, 0.3) is 0 Å². The number of benzene rings is 1. The van der Waals surface area contributed by atoms with Crippen molar-refractivity contribution >= 4 is 17.1 Å². The van der Waals surface area contributed by atoms with E-state index in [0.717, 1.165) is 23.5 Å². The molecule has 2 aromatic rings. The molecule has 0 radical (unpaired) electrons. The highest BCUT2D eigenvalue weighted by Gasteiger charge is 2.26. The van der Waals surface area contributed by atoms with Crippen molar-refractivity contribution in [3.05, 3.63) is 40.2 Å². The van der Waals surface area contributed by atoms with Gasteiger partial charge in [0.05, 0.1) is 23.4 Å². The van der Waals surface area contributed by atoms with E-state index in [2.05, 4.69) is 4.98 Å². The number of carbonyl (C=O) groups is 1. The summed E-state index contributed by atoms with van der Waals surface area (Å²) < 4.78 is 32.6. The predicted molar refractivity (Wildman–Crippen MR) is 81.9 cm³/mol. The molecule has 2 atom stereocenters. The Balaban J connectivity index is 2.31. The molecule has 2 rings (SSSR count). The molecule has 120 valence electrons. The summed E-state index contributed by atoms with van der Waals surface area (Å²) in [6, 6.07) is 5.42. The number of nitrogens with zero attached hydrogens (tertiary/aromatic N) is 2. The second-order valence-corrected chi connectivity index (χ2v) is 5.84. The smallest absolute Gasteiger partial charge is 0.159 e. The van der Waals surface area contributed by atoms with Crippen molar-refractivity contribution in [2.24, 2.45) is 0 Å². The molecule has 1 aromatic heterocycles. The summed E-state index contributed by atoms with van der Waals surface area (Å²) in [5.74, 6) is -2.89. The molecule has 0 N–H and O–H groups in total. The maximum atomic E-state index is 13.8. The molecule has 1 aromatic carbocycles. The Morgan fingerprint density at radius 3 is 2.65 bits per heavy atom. The molecule has 0 aliphatic rings. The zero-order valence-corrected chi connectivity index (χ0v) is 13.4. The van der Waals surface area contributed by atoms with Gasteiger partial charge in [-0.1, -0.05) is 6.07 Å². The normalized spacial score (nSPS) is 13.3. The molecule has 0 aliphatic heterocycles. The van der Waals surface area contributed by atoms with E-state index >= 15 is 0 Å². The molecule has 1 heterocycles. The minimum Gasteiger partial charge on any atom is -0.381 e. The summed E-state index contributed by atoms with van der Waals surface area (Å²) >= 11 is 1.03. The summed E-state index contributed by atoms with van der Waals surface area (Å²) in [5.41, 5.74) is -0.183. The number of hydrogen-bond donors (Lipinski definition) is 0. The quantitative estimate of drug-likeness (QED) is 0.807. The molecule has 0 bridgehead atoms. The number of Topliss-reactive ketones (excluding diaryl/α,β-unsaturated/α-hetero) is 1. The third-order valence-electron chi connectivity index (χ3n) is 3.33. The molecule has 23 heavy (non-hydrogen) atoms. The third-order valence-corrected chi connectivity index (χ3v) is 4.24. The van der Waals surface area contributed by atoms with Crippen LogP contribution in [-0.4, -0.2) is 24.0 Å². The highest BCUT2D eigenvalue weighted by molar-refractivity contribution is 7.10. The van der Waals surface area contributed by atoms with Crippen LogP contribution in [0.5, 0.6) is 0 Å². The van der Waals surface area contributed by atoms with E-state index in [1.165, 1.54) is 18.6 Å². The van der Waals surface area contributed by atoms with Crippen LogP contribution in [0.1, 0.15) is 24.3 Å². The maximum Gasteiger partial charge on any atom is 0.159 e. The lowest BCUT2D eigenvalue weighted by atomic mass is 10.0. The van der Waals surface area contributed by atoms with Crippen LogP contribution in [0.3, 0.4) is 0 Å². The number of halogens is 2. The van der Waals surface area contributed by atoms with Crippen molar-refractivity contribution < 1.29 is 18.3 Å². The van der Waals surface area contributed by atoms with Crippen LogP contribution in [0, 0.1) is 23.0 Å². The fourth-order valence-corrected chi connectivity index (χ4v) is 2.90. The Hall–Kier alpha value is -2.17. The van der Waals surface area contributed by atoms with Crippen LogP contribution in [0.2, 0.25) is 0 Å². The maximum absolute atomic E-state index is 13.8. The van der Waals surface area contributed by atoms with Gasteiger partial charge in [-0.3, -0.25) is 4.79 Å². The summed E-state index contributed by atoms with van der Waals surface area (Å²) in [7, 11) is 1.47. The lowest BCUT2D eigenvalue weighted by molar-refractivity contribution is -0.121. The van der Waals surface area contributed by atoms with Crippen LogP contribution in [0.15, 0.2) is 23.6 Å². The predicted octanol–water partition coefficient (Wildman–Crippen LogP) is 3.69. The summed E-state index contributed by atoms with van der Waals surface area (Å²) in [4.78, 5) is 16.2. The van der Waals surface area contributed by atoms with Gasteiger partial charge in [-0.2, -0.15) is 5.26 Å². The van der Waals surface area contributed by atoms with E-state index in [0.29, 0.717) is 0 Å². The number of nitriles is 1. The number of rotatable bonds is 6. The molecule has 4 nitrogen and oxygen atoms in total. The van der Waals surface area contributed by atoms with Gasteiger partial charge < -0.3 is 4.74 Å². The second-order valence-electron chi connectivity index (χ2n) is 4.95. The van der Waals surface area contributed by atoms with Gasteiger partial charge >= 0.3 is 0 Å². The number of thiazole rings is 1. The number of ether oxygens (including phenoxy) is 1. The molecule has 0 unspecified atom stereocenters. The SMILES string of the molecule is CO[C@@H](C)CC(=O)[C@H](C#N)c1nc(-c2c(F)cccc2F)cs1. The number of ketones is 1. The molecule has 0 amide bonds. The van der Waals surface area contributed by atoms with Crippen LogP contribution in [0.25, 0.3) is 11.3 Å². The Kier molecular flexibility index (Phi) is 5.53. The number of hydrogen-bond acceptors (Lipinski definition) is 5. The fourth-order valence-electron chi connectivity index (χ4n) is 2.03. The monoisotopic (exact) mass is 336 g/mol. The minimum absolute atomic E-state index is 0.0672. The van der Waals surface area contributed by atoms with Crippen LogP contribution in [0.4, 0.5) is 8.78 Å². The first kappa shape index (κ1) is 17.2. The largest absolute Gasteiger partial charge is 0.381 e. The Morgan fingerprint density at radius 1 is 1.43 bits per heavy atom. The molecule has 0 saturated heterocycles. The first-order valence-corrected chi connectivity index (χ1v) is 7.70. The van der Waals surface area contributed by atoms with Gasteiger partial charge in [0, 0.05) is 18.9 Å². The van der Waals surface area contributed by atoms with E-state index in [-0.39, 0.29) is 34.6 Å². The molecule has 7 heteroatoms. The van der Waals surface area contributed by atoms with E-state index in [4.69, 9.17) is 4.74 Å². The highest BCUT2D eigenvalue weighted by Crippen LogP contribution is 2.30. The first-order valence-electron chi connectivity index (χ1n) is 6.82. The fraction of sp³-hybridized carbons (Fsp3) is 0.312. The van der Waals surface area contributed by atoms with Gasteiger partial charge in [0.15, 0.2) is 11.7 Å². The van der Waals surface area contributed by atoms with Gasteiger partial charge in [-0.25, -0.2) is 13.8 Å². The Morgan fingerprint density at radius 2 is 2.09 bits per heavy atom. The van der Waals surface area contributed by atoms with E-state index < -0.39 is 17.6 Å². The average Bonchev–Trinajstić information content (AvgIpc) is 2.97. The summed E-state index contributed by atoms with van der Waals surface area (Å²) in [6.45, 7) is 1.72. The summed E-state index contributed by atoms with van der Waals surface area (Å²) in [6.07, 6.45) is -0.251. The number of carbonyl (C=O) groups excluding carboxylic acids is 1. The number of aromatic nitrogens is 1. The van der Waals surface area contributed by atoms with Gasteiger partial charge in [0.2, 0.25) is 0 Å². The number of methoxy groups -OCH3 is 1. The zero-order valence-electron chi connectivity index (χ0n) is 12.5. The zero-order chi connectivity index (χ0) is 17.0. The van der Waals surface area contributed by atoms with Crippen molar-refractivity contribution in [3.63, 3.8) is 0 Å². The van der Waals surface area contributed by atoms with Crippen LogP contribution < -0.4 is 0 Å². The van der Waals surface area contributed by atoms with Crippen molar-refractivity contribution in [3.8, 4) is 17.3 Å². The lowest BCUT2D eigenvalue weighted by Crippen LogP contribution is -2.18. The third kappa shape index (κ3) is 3.78.